The van der Waals surface area contributed by atoms with Gasteiger partial charge in [-0.05, 0) is 31.2 Å². The fraction of sp³-hybridized carbons (Fsp3) is 0.125. The fourth-order valence-corrected chi connectivity index (χ4v) is 2.49. The van der Waals surface area contributed by atoms with Crippen LogP contribution in [-0.2, 0) is 7.05 Å². The van der Waals surface area contributed by atoms with Crippen molar-refractivity contribution < 1.29 is 4.39 Å². The van der Waals surface area contributed by atoms with E-state index >= 15 is 0 Å². The number of aromatic nitrogens is 2. The van der Waals surface area contributed by atoms with E-state index in [2.05, 4.69) is 4.98 Å². The molecule has 1 aromatic heterocycles. The van der Waals surface area contributed by atoms with E-state index in [-0.39, 0.29) is 5.56 Å². The van der Waals surface area contributed by atoms with Gasteiger partial charge in [-0.1, -0.05) is 23.7 Å². The van der Waals surface area contributed by atoms with Crippen molar-refractivity contribution in [2.24, 2.45) is 7.05 Å². The van der Waals surface area contributed by atoms with E-state index in [1.54, 1.807) is 44.3 Å². The normalized spacial score (nSPS) is 11.0. The Morgan fingerprint density at radius 2 is 1.95 bits per heavy atom. The molecule has 0 radical (unpaired) electrons. The van der Waals surface area contributed by atoms with Gasteiger partial charge in [0.15, 0.2) is 0 Å². The van der Waals surface area contributed by atoms with Gasteiger partial charge >= 0.3 is 0 Å². The Morgan fingerprint density at radius 3 is 2.67 bits per heavy atom. The largest absolute Gasteiger partial charge is 0.299 e. The molecule has 3 aromatic rings. The highest BCUT2D eigenvalue weighted by Crippen LogP contribution is 2.29. The minimum atomic E-state index is -0.435. The maximum atomic E-state index is 14.1. The Hall–Kier alpha value is -2.20. The summed E-state index contributed by atoms with van der Waals surface area (Å²) in [5.74, 6) is 0.143. The number of rotatable bonds is 1. The number of fused-ring (bicyclic) bond motifs is 1. The molecule has 3 rings (SSSR count). The maximum absolute atomic E-state index is 14.1. The molecular weight excluding hydrogens is 291 g/mol. The van der Waals surface area contributed by atoms with E-state index < -0.39 is 5.82 Å². The number of halogens is 2. The molecular formula is C16H12ClFN2O. The molecule has 5 heteroatoms. The van der Waals surface area contributed by atoms with Crippen molar-refractivity contribution in [1.29, 1.82) is 0 Å². The Labute approximate surface area is 125 Å². The summed E-state index contributed by atoms with van der Waals surface area (Å²) in [6.45, 7) is 1.75. The highest BCUT2D eigenvalue weighted by atomic mass is 35.5. The average molecular weight is 303 g/mol. The molecule has 0 bridgehead atoms. The van der Waals surface area contributed by atoms with E-state index in [0.717, 1.165) is 0 Å². The zero-order valence-electron chi connectivity index (χ0n) is 11.5. The minimum absolute atomic E-state index is 0.145. The molecule has 0 atom stereocenters. The maximum Gasteiger partial charge on any atom is 0.261 e. The summed E-state index contributed by atoms with van der Waals surface area (Å²) in [6.07, 6.45) is 0. The summed E-state index contributed by atoms with van der Waals surface area (Å²) in [4.78, 5) is 16.7. The van der Waals surface area contributed by atoms with Crippen LogP contribution in [0.25, 0.3) is 22.0 Å². The Kier molecular flexibility index (Phi) is 3.26. The molecule has 0 fully saturated rings. The standard InChI is InChI=1S/C16H12ClFN2O/c1-9-19-15-12(11-7-6-10(17)8-14(11)18)4-3-5-13(15)16(21)20(9)2/h3-8H,1-2H3. The van der Waals surface area contributed by atoms with Crippen molar-refractivity contribution >= 4 is 22.5 Å². The van der Waals surface area contributed by atoms with Crippen LogP contribution < -0.4 is 5.56 Å². The molecule has 0 saturated heterocycles. The summed E-state index contributed by atoms with van der Waals surface area (Å²) in [6, 6.07) is 9.64. The van der Waals surface area contributed by atoms with Gasteiger partial charge in [0.2, 0.25) is 0 Å². The van der Waals surface area contributed by atoms with Gasteiger partial charge in [0.1, 0.15) is 11.6 Å². The highest BCUT2D eigenvalue weighted by Gasteiger charge is 2.13. The summed E-state index contributed by atoms with van der Waals surface area (Å²) < 4.78 is 15.6. The third-order valence-electron chi connectivity index (χ3n) is 3.55. The molecule has 2 aromatic carbocycles. The van der Waals surface area contributed by atoms with Crippen LogP contribution in [0.4, 0.5) is 4.39 Å². The lowest BCUT2D eigenvalue weighted by Crippen LogP contribution is -2.20. The third-order valence-corrected chi connectivity index (χ3v) is 3.79. The molecule has 0 aliphatic heterocycles. The first-order valence-corrected chi connectivity index (χ1v) is 6.78. The molecule has 0 aliphatic carbocycles. The lowest BCUT2D eigenvalue weighted by molar-refractivity contribution is 0.631. The van der Waals surface area contributed by atoms with E-state index in [0.29, 0.717) is 32.9 Å². The van der Waals surface area contributed by atoms with E-state index in [4.69, 9.17) is 11.6 Å². The Bertz CT molecular complexity index is 918. The molecule has 1 heterocycles. The Morgan fingerprint density at radius 1 is 1.19 bits per heavy atom. The first-order chi connectivity index (χ1) is 9.99. The lowest BCUT2D eigenvalue weighted by Gasteiger charge is -2.10. The first-order valence-electron chi connectivity index (χ1n) is 6.41. The number of aryl methyl sites for hydroxylation is 1. The summed E-state index contributed by atoms with van der Waals surface area (Å²) in [7, 11) is 1.67. The number of hydrogen-bond acceptors (Lipinski definition) is 2. The molecule has 0 unspecified atom stereocenters. The van der Waals surface area contributed by atoms with Crippen LogP contribution in [0.2, 0.25) is 5.02 Å². The SMILES string of the molecule is Cc1nc2c(-c3ccc(Cl)cc3F)cccc2c(=O)n1C. The lowest BCUT2D eigenvalue weighted by atomic mass is 10.0. The second-order valence-electron chi connectivity index (χ2n) is 4.85. The van der Waals surface area contributed by atoms with Gasteiger partial charge in [-0.3, -0.25) is 9.36 Å². The van der Waals surface area contributed by atoms with Crippen molar-refractivity contribution in [3.8, 4) is 11.1 Å². The third kappa shape index (κ3) is 2.21. The smallest absolute Gasteiger partial charge is 0.261 e. The van der Waals surface area contributed by atoms with Gasteiger partial charge in [0.25, 0.3) is 5.56 Å². The molecule has 0 amide bonds. The van der Waals surface area contributed by atoms with Crippen LogP contribution in [0.15, 0.2) is 41.2 Å². The first kappa shape index (κ1) is 13.8. The van der Waals surface area contributed by atoms with Crippen molar-refractivity contribution in [2.75, 3.05) is 0 Å². The van der Waals surface area contributed by atoms with Gasteiger partial charge in [0.05, 0.1) is 10.9 Å². The Balaban J connectivity index is 2.41. The van der Waals surface area contributed by atoms with Gasteiger partial charge in [-0.2, -0.15) is 0 Å². The van der Waals surface area contributed by atoms with Crippen LogP contribution in [0.5, 0.6) is 0 Å². The number of benzene rings is 2. The van der Waals surface area contributed by atoms with Crippen molar-refractivity contribution in [3.63, 3.8) is 0 Å². The summed E-state index contributed by atoms with van der Waals surface area (Å²) >= 11 is 5.78. The average Bonchev–Trinajstić information content (AvgIpc) is 2.45. The van der Waals surface area contributed by atoms with Gasteiger partial charge in [0, 0.05) is 23.2 Å². The molecule has 0 saturated carbocycles. The molecule has 21 heavy (non-hydrogen) atoms. The van der Waals surface area contributed by atoms with E-state index in [9.17, 15) is 9.18 Å². The number of hydrogen-bond donors (Lipinski definition) is 0. The molecule has 0 spiro atoms. The zero-order chi connectivity index (χ0) is 15.1. The predicted molar refractivity (Wildman–Crippen MR) is 82.1 cm³/mol. The van der Waals surface area contributed by atoms with E-state index in [1.807, 2.05) is 0 Å². The van der Waals surface area contributed by atoms with Crippen LogP contribution in [0.3, 0.4) is 0 Å². The predicted octanol–water partition coefficient (Wildman–Crippen LogP) is 3.70. The van der Waals surface area contributed by atoms with Crippen molar-refractivity contribution in [2.45, 2.75) is 6.92 Å². The van der Waals surface area contributed by atoms with Gasteiger partial charge < -0.3 is 0 Å². The van der Waals surface area contributed by atoms with E-state index in [1.165, 1.54) is 10.6 Å². The second-order valence-corrected chi connectivity index (χ2v) is 5.29. The summed E-state index contributed by atoms with van der Waals surface area (Å²) in [5, 5.41) is 0.798. The van der Waals surface area contributed by atoms with Crippen molar-refractivity contribution in [3.05, 3.63) is 63.4 Å². The quantitative estimate of drug-likeness (QED) is 0.687. The monoisotopic (exact) mass is 302 g/mol. The van der Waals surface area contributed by atoms with Crippen LogP contribution in [-0.4, -0.2) is 9.55 Å². The second kappa shape index (κ2) is 4.97. The topological polar surface area (TPSA) is 34.9 Å². The molecule has 106 valence electrons. The molecule has 0 N–H and O–H groups in total. The van der Waals surface area contributed by atoms with Crippen LogP contribution in [0, 0.1) is 12.7 Å². The molecule has 3 nitrogen and oxygen atoms in total. The minimum Gasteiger partial charge on any atom is -0.299 e. The highest BCUT2D eigenvalue weighted by molar-refractivity contribution is 6.30. The van der Waals surface area contributed by atoms with Crippen LogP contribution >= 0.6 is 11.6 Å². The van der Waals surface area contributed by atoms with Gasteiger partial charge in [-0.15, -0.1) is 0 Å². The number of nitrogens with zero attached hydrogens (tertiary/aromatic N) is 2. The fourth-order valence-electron chi connectivity index (χ4n) is 2.33. The van der Waals surface area contributed by atoms with Crippen molar-refractivity contribution in [1.82, 2.24) is 9.55 Å². The molecule has 0 aliphatic rings. The van der Waals surface area contributed by atoms with Gasteiger partial charge in [-0.25, -0.2) is 9.37 Å². The summed E-state index contributed by atoms with van der Waals surface area (Å²) in [5.41, 5.74) is 1.32. The number of para-hydroxylation sites is 1. The van der Waals surface area contributed by atoms with Crippen LogP contribution in [0.1, 0.15) is 5.82 Å². The zero-order valence-corrected chi connectivity index (χ0v) is 12.3.